The fraction of sp³-hybridized carbons (Fsp3) is 0.300. The summed E-state index contributed by atoms with van der Waals surface area (Å²) >= 11 is 0. The maximum Gasteiger partial charge on any atom is 0.416 e. The number of anilines is 1. The number of benzene rings is 4. The molecule has 0 spiro atoms. The number of aryl methyl sites for hydroxylation is 1. The first-order valence-electron chi connectivity index (χ1n) is 16.8. The summed E-state index contributed by atoms with van der Waals surface area (Å²) < 4.78 is 61.5. The number of halogens is 3. The molecule has 0 unspecified atom stereocenters. The third-order valence-electron chi connectivity index (χ3n) is 8.13. The van der Waals surface area contributed by atoms with Crippen LogP contribution in [0.4, 0.5) is 18.9 Å². The molecule has 0 saturated carbocycles. The second-order valence-corrected chi connectivity index (χ2v) is 11.7. The van der Waals surface area contributed by atoms with E-state index in [1.807, 2.05) is 0 Å². The summed E-state index contributed by atoms with van der Waals surface area (Å²) in [6.07, 6.45) is -5.02. The minimum atomic E-state index is -4.50. The molecule has 274 valence electrons. The van der Waals surface area contributed by atoms with Crippen LogP contribution in [0.25, 0.3) is 11.1 Å². The normalized spacial score (nSPS) is 11.4. The number of alkyl halides is 3. The highest BCUT2D eigenvalue weighted by atomic mass is 19.4. The average molecular weight is 720 g/mol. The summed E-state index contributed by atoms with van der Waals surface area (Å²) in [6.45, 7) is 6.63. The Hall–Kier alpha value is -5.65. The van der Waals surface area contributed by atoms with E-state index in [1.165, 1.54) is 12.1 Å². The van der Waals surface area contributed by atoms with Gasteiger partial charge in [0.2, 0.25) is 0 Å². The molecule has 4 rings (SSSR count). The van der Waals surface area contributed by atoms with Gasteiger partial charge in [0.1, 0.15) is 5.75 Å². The smallest absolute Gasteiger partial charge is 0.416 e. The number of carbonyl (C=O) groups excluding carboxylic acids is 4. The molecule has 9 nitrogen and oxygen atoms in total. The molecule has 0 aromatic heterocycles. The Morgan fingerprint density at radius 1 is 0.712 bits per heavy atom. The highest BCUT2D eigenvalue weighted by Gasteiger charge is 2.50. The molecule has 0 saturated heterocycles. The number of carbonyl (C=O) groups is 4. The minimum absolute atomic E-state index is 0.0136. The molecule has 0 aliphatic heterocycles. The lowest BCUT2D eigenvalue weighted by Gasteiger charge is -2.29. The molecule has 0 atom stereocenters. The molecule has 0 aliphatic carbocycles. The van der Waals surface area contributed by atoms with Crippen LogP contribution in [0.5, 0.6) is 5.75 Å². The lowest BCUT2D eigenvalue weighted by atomic mass is 9.77. The van der Waals surface area contributed by atoms with E-state index in [1.54, 1.807) is 94.4 Å². The van der Waals surface area contributed by atoms with Crippen LogP contribution in [0.3, 0.4) is 0 Å². The number of hydrogen-bond acceptors (Lipinski definition) is 8. The quantitative estimate of drug-likeness (QED) is 0.0750. The lowest BCUT2D eigenvalue weighted by molar-refractivity contribution is -0.167. The zero-order valence-corrected chi connectivity index (χ0v) is 29.3. The molecule has 0 aliphatic rings. The summed E-state index contributed by atoms with van der Waals surface area (Å²) in [5, 5.41) is 2.84. The molecule has 4 aromatic rings. The van der Waals surface area contributed by atoms with Crippen LogP contribution in [-0.4, -0.2) is 50.2 Å². The fourth-order valence-corrected chi connectivity index (χ4v) is 5.77. The second kappa shape index (κ2) is 17.5. The molecule has 0 radical (unpaired) electrons. The third kappa shape index (κ3) is 9.17. The molecule has 0 heterocycles. The van der Waals surface area contributed by atoms with Crippen molar-refractivity contribution in [3.8, 4) is 16.9 Å². The van der Waals surface area contributed by atoms with E-state index in [-0.39, 0.29) is 56.3 Å². The fourth-order valence-electron chi connectivity index (χ4n) is 5.77. The van der Waals surface area contributed by atoms with Gasteiger partial charge in [0.05, 0.1) is 44.1 Å². The Balaban J connectivity index is 1.57. The average Bonchev–Trinajstić information content (AvgIpc) is 3.11. The van der Waals surface area contributed by atoms with Gasteiger partial charge in [-0.2, -0.15) is 13.2 Å². The Morgan fingerprint density at radius 3 is 1.92 bits per heavy atom. The summed E-state index contributed by atoms with van der Waals surface area (Å²) in [6, 6.07) is 22.7. The molecular weight excluding hydrogens is 679 g/mol. The van der Waals surface area contributed by atoms with Crippen LogP contribution >= 0.6 is 0 Å². The van der Waals surface area contributed by atoms with E-state index < -0.39 is 41.0 Å². The maximum atomic E-state index is 13.7. The van der Waals surface area contributed by atoms with Gasteiger partial charge >= 0.3 is 24.1 Å². The molecule has 52 heavy (non-hydrogen) atoms. The zero-order valence-electron chi connectivity index (χ0n) is 29.3. The highest BCUT2D eigenvalue weighted by Crippen LogP contribution is 2.36. The highest BCUT2D eigenvalue weighted by molar-refractivity contribution is 6.09. The van der Waals surface area contributed by atoms with Crippen LogP contribution in [0.1, 0.15) is 59.8 Å². The molecule has 4 aromatic carbocycles. The van der Waals surface area contributed by atoms with E-state index in [0.717, 1.165) is 12.1 Å². The second-order valence-electron chi connectivity index (χ2n) is 11.7. The third-order valence-corrected chi connectivity index (χ3v) is 8.13. The monoisotopic (exact) mass is 719 g/mol. The maximum absolute atomic E-state index is 13.7. The van der Waals surface area contributed by atoms with Gasteiger partial charge in [-0.1, -0.05) is 66.7 Å². The zero-order chi connectivity index (χ0) is 37.9. The Morgan fingerprint density at radius 2 is 1.33 bits per heavy atom. The number of hydrogen-bond donors (Lipinski definition) is 1. The minimum Gasteiger partial charge on any atom is -0.491 e. The predicted octanol–water partition coefficient (Wildman–Crippen LogP) is 7.87. The van der Waals surface area contributed by atoms with Crippen LogP contribution in [-0.2, 0) is 46.6 Å². The van der Waals surface area contributed by atoms with Crippen molar-refractivity contribution in [3.05, 3.63) is 119 Å². The van der Waals surface area contributed by atoms with E-state index in [4.69, 9.17) is 18.9 Å². The Kier molecular flexibility index (Phi) is 13.2. The van der Waals surface area contributed by atoms with Crippen molar-refractivity contribution in [2.75, 3.05) is 31.7 Å². The van der Waals surface area contributed by atoms with Crippen molar-refractivity contribution >= 4 is 29.5 Å². The molecule has 1 amide bonds. The van der Waals surface area contributed by atoms with Crippen molar-refractivity contribution in [1.29, 1.82) is 0 Å². The number of ether oxygens (including phenoxy) is 4. The number of rotatable bonds is 15. The topological polar surface area (TPSA) is 117 Å². The first-order chi connectivity index (χ1) is 24.8. The summed E-state index contributed by atoms with van der Waals surface area (Å²) in [7, 11) is 0. The predicted molar refractivity (Wildman–Crippen MR) is 188 cm³/mol. The Bertz CT molecular complexity index is 1860. The standard InChI is InChI=1S/C40H40F3NO8/c1-5-49-35-28(25-34(45)52-22-21-39(37(47)50-6-2,38(48)51-7-3)29-13-9-8-10-14-29)23-26(4)24-33(35)44-36(46)32-16-12-11-15-31(32)27-17-19-30(20-18-27)40(41,42)43/h8-20,23-24H,5-7,21-22,25H2,1-4H3,(H,44,46). The van der Waals surface area contributed by atoms with Gasteiger partial charge in [0.25, 0.3) is 5.91 Å². The first-order valence-corrected chi connectivity index (χ1v) is 16.8. The van der Waals surface area contributed by atoms with Crippen molar-refractivity contribution < 1.29 is 51.3 Å². The van der Waals surface area contributed by atoms with Gasteiger partial charge < -0.3 is 24.3 Å². The summed E-state index contributed by atoms with van der Waals surface area (Å²) in [4.78, 5) is 53.6. The largest absolute Gasteiger partial charge is 0.491 e. The Labute approximate surface area is 300 Å². The molecule has 1 N–H and O–H groups in total. The van der Waals surface area contributed by atoms with E-state index in [9.17, 15) is 32.3 Å². The SMILES string of the molecule is CCOC(=O)C(CCOC(=O)Cc1cc(C)cc(NC(=O)c2ccccc2-c2ccc(C(F)(F)F)cc2)c1OCC)(C(=O)OCC)c1ccccc1. The van der Waals surface area contributed by atoms with Crippen LogP contribution in [0.15, 0.2) is 91.0 Å². The van der Waals surface area contributed by atoms with Gasteiger partial charge in [-0.25, -0.2) is 0 Å². The summed E-state index contributed by atoms with van der Waals surface area (Å²) in [5.74, 6) is -2.67. The van der Waals surface area contributed by atoms with E-state index >= 15 is 0 Å². The van der Waals surface area contributed by atoms with Crippen molar-refractivity contribution in [2.45, 2.75) is 52.1 Å². The van der Waals surface area contributed by atoms with Gasteiger partial charge in [-0.05, 0) is 74.2 Å². The number of esters is 3. The van der Waals surface area contributed by atoms with Gasteiger partial charge in [0.15, 0.2) is 5.41 Å². The number of amides is 1. The summed E-state index contributed by atoms with van der Waals surface area (Å²) in [5.41, 5.74) is 0.0513. The van der Waals surface area contributed by atoms with Crippen molar-refractivity contribution in [3.63, 3.8) is 0 Å². The lowest BCUT2D eigenvalue weighted by Crippen LogP contribution is -2.47. The van der Waals surface area contributed by atoms with Gasteiger partial charge in [-0.3, -0.25) is 19.2 Å². The van der Waals surface area contributed by atoms with Gasteiger partial charge in [-0.15, -0.1) is 0 Å². The molecule has 12 heteroatoms. The van der Waals surface area contributed by atoms with Crippen molar-refractivity contribution in [2.24, 2.45) is 0 Å². The van der Waals surface area contributed by atoms with Crippen LogP contribution in [0.2, 0.25) is 0 Å². The molecule has 0 fully saturated rings. The van der Waals surface area contributed by atoms with Crippen LogP contribution < -0.4 is 10.1 Å². The van der Waals surface area contributed by atoms with Crippen molar-refractivity contribution in [1.82, 2.24) is 0 Å². The van der Waals surface area contributed by atoms with E-state index in [0.29, 0.717) is 27.8 Å². The van der Waals surface area contributed by atoms with Crippen LogP contribution in [0, 0.1) is 6.92 Å². The first kappa shape index (κ1) is 39.1. The molecular formula is C40H40F3NO8. The molecule has 0 bridgehead atoms. The van der Waals surface area contributed by atoms with E-state index in [2.05, 4.69) is 5.32 Å². The van der Waals surface area contributed by atoms with Gasteiger partial charge in [0, 0.05) is 17.5 Å². The number of nitrogens with one attached hydrogen (secondary N) is 1.